The molecule has 1 aromatic rings. The number of hydrogen-bond acceptors (Lipinski definition) is 5. The fourth-order valence-corrected chi connectivity index (χ4v) is 3.10. The van der Waals surface area contributed by atoms with Gasteiger partial charge in [0.1, 0.15) is 0 Å². The van der Waals surface area contributed by atoms with Crippen molar-refractivity contribution in [1.29, 1.82) is 0 Å². The second kappa shape index (κ2) is 14.0. The van der Waals surface area contributed by atoms with E-state index in [0.717, 1.165) is 70.0 Å². The largest absolute Gasteiger partial charge is 0.385 e. The number of unbranched alkanes of at least 4 members (excludes halogenated alkanes) is 2. The molecular formula is C23H36F2N4O. The zero-order valence-electron chi connectivity index (χ0n) is 18.5. The Balaban J connectivity index is 2.13. The molecule has 3 N–H and O–H groups in total. The van der Waals surface area contributed by atoms with Gasteiger partial charge in [0.2, 0.25) is 0 Å². The number of likely N-dealkylation sites (N-methyl/N-ethyl adjacent to an activating group) is 1. The Morgan fingerprint density at radius 2 is 1.70 bits per heavy atom. The second-order valence-electron chi connectivity index (χ2n) is 7.48. The van der Waals surface area contributed by atoms with E-state index in [9.17, 15) is 13.6 Å². The number of ketones is 1. The minimum absolute atomic E-state index is 0.0326. The van der Waals surface area contributed by atoms with Crippen LogP contribution in [0, 0.1) is 0 Å². The van der Waals surface area contributed by atoms with Crippen molar-refractivity contribution in [3.8, 4) is 0 Å². The third-order valence-corrected chi connectivity index (χ3v) is 4.84. The van der Waals surface area contributed by atoms with E-state index in [1.165, 1.54) is 12.1 Å². The van der Waals surface area contributed by atoms with Gasteiger partial charge in [0.25, 0.3) is 5.92 Å². The molecule has 0 bridgehead atoms. The number of halogens is 2. The van der Waals surface area contributed by atoms with Crippen LogP contribution in [0.2, 0.25) is 0 Å². The van der Waals surface area contributed by atoms with Crippen LogP contribution >= 0.6 is 0 Å². The number of rotatable bonds is 16. The zero-order valence-corrected chi connectivity index (χ0v) is 18.5. The fourth-order valence-electron chi connectivity index (χ4n) is 3.10. The molecule has 0 unspecified atom stereocenters. The lowest BCUT2D eigenvalue weighted by Gasteiger charge is -2.12. The molecule has 0 aliphatic carbocycles. The highest BCUT2D eigenvalue weighted by Crippen LogP contribution is 2.27. The van der Waals surface area contributed by atoms with Crippen molar-refractivity contribution in [2.45, 2.75) is 51.9 Å². The van der Waals surface area contributed by atoms with Gasteiger partial charge in [-0.15, -0.1) is 0 Å². The maximum atomic E-state index is 13.2. The van der Waals surface area contributed by atoms with Crippen molar-refractivity contribution in [3.63, 3.8) is 0 Å². The van der Waals surface area contributed by atoms with Crippen molar-refractivity contribution in [2.24, 2.45) is 4.99 Å². The van der Waals surface area contributed by atoms with E-state index in [0.29, 0.717) is 12.1 Å². The summed E-state index contributed by atoms with van der Waals surface area (Å²) in [5.74, 6) is -2.76. The molecule has 0 aliphatic rings. The molecule has 168 valence electrons. The van der Waals surface area contributed by atoms with Gasteiger partial charge < -0.3 is 16.0 Å². The molecule has 0 spiro atoms. The van der Waals surface area contributed by atoms with Crippen LogP contribution in [-0.4, -0.2) is 45.7 Å². The Bertz CT molecular complexity index is 681. The molecule has 30 heavy (non-hydrogen) atoms. The van der Waals surface area contributed by atoms with Crippen LogP contribution in [-0.2, 0) is 10.7 Å². The average Bonchev–Trinajstić information content (AvgIpc) is 2.70. The number of carbonyl (C=O) groups excluding carboxylic acids is 1. The maximum Gasteiger partial charge on any atom is 0.270 e. The number of alkyl halides is 2. The van der Waals surface area contributed by atoms with Gasteiger partial charge in [-0.2, -0.15) is 0 Å². The van der Waals surface area contributed by atoms with Crippen molar-refractivity contribution >= 4 is 18.2 Å². The smallest absolute Gasteiger partial charge is 0.270 e. The monoisotopic (exact) mass is 422 g/mol. The number of anilines is 1. The molecule has 1 aromatic carbocycles. The molecule has 7 heteroatoms. The standard InChI is InChI=1S/C23H36F2N4O/c1-18(30)21(17-26-3)22(27-4)9-8-15-28-14-6-5-7-16-29-20-12-10-19(11-13-20)23(2,24)25/h10-13,26,28-29H,4-9,14-17H2,1-3H3/b22-21-. The normalized spacial score (nSPS) is 12.4. The lowest BCUT2D eigenvalue weighted by atomic mass is 10.1. The highest BCUT2D eigenvalue weighted by atomic mass is 19.3. The van der Waals surface area contributed by atoms with E-state index >= 15 is 0 Å². The highest BCUT2D eigenvalue weighted by molar-refractivity contribution is 5.94. The number of aliphatic imine (C=N–C) groups is 1. The third-order valence-electron chi connectivity index (χ3n) is 4.84. The van der Waals surface area contributed by atoms with Gasteiger partial charge in [-0.3, -0.25) is 9.79 Å². The van der Waals surface area contributed by atoms with Crippen LogP contribution in [0.5, 0.6) is 0 Å². The number of allylic oxidation sites excluding steroid dienone is 1. The van der Waals surface area contributed by atoms with Crippen LogP contribution in [0.1, 0.15) is 51.5 Å². The molecule has 1 rings (SSSR count). The topological polar surface area (TPSA) is 65.5 Å². The molecule has 0 aromatic heterocycles. The van der Waals surface area contributed by atoms with E-state index < -0.39 is 5.92 Å². The Kier molecular flexibility index (Phi) is 12.1. The summed E-state index contributed by atoms with van der Waals surface area (Å²) in [7, 11) is 1.81. The number of benzene rings is 1. The zero-order chi connectivity index (χ0) is 22.4. The first-order valence-electron chi connectivity index (χ1n) is 10.6. The predicted molar refractivity (Wildman–Crippen MR) is 122 cm³/mol. The molecular weight excluding hydrogens is 386 g/mol. The first kappa shape index (κ1) is 25.9. The van der Waals surface area contributed by atoms with Gasteiger partial charge in [-0.1, -0.05) is 18.6 Å². The molecule has 0 saturated heterocycles. The van der Waals surface area contributed by atoms with Crippen molar-refractivity contribution in [3.05, 3.63) is 41.1 Å². The molecule has 0 amide bonds. The Labute approximate surface area is 179 Å². The van der Waals surface area contributed by atoms with E-state index in [1.54, 1.807) is 19.1 Å². The van der Waals surface area contributed by atoms with Gasteiger partial charge >= 0.3 is 0 Å². The van der Waals surface area contributed by atoms with Gasteiger partial charge in [0, 0.05) is 42.5 Å². The summed E-state index contributed by atoms with van der Waals surface area (Å²) in [6.45, 7) is 9.20. The number of hydrogen-bond donors (Lipinski definition) is 3. The number of carbonyl (C=O) groups is 1. The first-order chi connectivity index (χ1) is 14.3. The van der Waals surface area contributed by atoms with E-state index in [4.69, 9.17) is 0 Å². The van der Waals surface area contributed by atoms with Crippen LogP contribution in [0.25, 0.3) is 0 Å². The Hall–Kier alpha value is -2.12. The molecule has 0 saturated carbocycles. The summed E-state index contributed by atoms with van der Waals surface area (Å²) >= 11 is 0. The van der Waals surface area contributed by atoms with Crippen molar-refractivity contribution in [1.82, 2.24) is 10.6 Å². The average molecular weight is 423 g/mol. The van der Waals surface area contributed by atoms with Crippen LogP contribution in [0.15, 0.2) is 40.5 Å². The van der Waals surface area contributed by atoms with E-state index in [-0.39, 0.29) is 11.3 Å². The number of Topliss-reactive ketones (excluding diaryl/α,β-unsaturated/α-hetero) is 1. The lowest BCUT2D eigenvalue weighted by molar-refractivity contribution is -0.113. The highest BCUT2D eigenvalue weighted by Gasteiger charge is 2.23. The van der Waals surface area contributed by atoms with E-state index in [2.05, 4.69) is 27.7 Å². The summed E-state index contributed by atoms with van der Waals surface area (Å²) in [6.07, 6.45) is 4.82. The first-order valence-corrected chi connectivity index (χ1v) is 10.6. The molecule has 0 aliphatic heterocycles. The number of nitrogens with zero attached hydrogens (tertiary/aromatic N) is 1. The molecule has 0 fully saturated rings. The van der Waals surface area contributed by atoms with Gasteiger partial charge in [0.15, 0.2) is 5.78 Å². The molecule has 0 heterocycles. The van der Waals surface area contributed by atoms with Crippen LogP contribution in [0.3, 0.4) is 0 Å². The Morgan fingerprint density at radius 1 is 1.07 bits per heavy atom. The quantitative estimate of drug-likeness (QED) is 0.208. The second-order valence-corrected chi connectivity index (χ2v) is 7.48. The maximum absolute atomic E-state index is 13.2. The minimum atomic E-state index is -2.80. The molecule has 5 nitrogen and oxygen atoms in total. The van der Waals surface area contributed by atoms with Crippen LogP contribution < -0.4 is 16.0 Å². The van der Waals surface area contributed by atoms with Crippen LogP contribution in [0.4, 0.5) is 14.5 Å². The van der Waals surface area contributed by atoms with Gasteiger partial charge in [-0.05, 0) is 71.6 Å². The fraction of sp³-hybridized carbons (Fsp3) is 0.565. The molecule has 0 atom stereocenters. The van der Waals surface area contributed by atoms with Crippen molar-refractivity contribution in [2.75, 3.05) is 38.5 Å². The summed E-state index contributed by atoms with van der Waals surface area (Å²) in [5.41, 5.74) is 2.38. The van der Waals surface area contributed by atoms with E-state index in [1.807, 2.05) is 7.05 Å². The summed E-state index contributed by atoms with van der Waals surface area (Å²) in [4.78, 5) is 15.7. The summed E-state index contributed by atoms with van der Waals surface area (Å²) in [5, 5.41) is 9.68. The minimum Gasteiger partial charge on any atom is -0.385 e. The van der Waals surface area contributed by atoms with Gasteiger partial charge in [-0.25, -0.2) is 8.78 Å². The predicted octanol–water partition coefficient (Wildman–Crippen LogP) is 4.51. The lowest BCUT2D eigenvalue weighted by Crippen LogP contribution is -2.19. The Morgan fingerprint density at radius 3 is 2.27 bits per heavy atom. The summed E-state index contributed by atoms with van der Waals surface area (Å²) in [6, 6.07) is 6.33. The molecule has 0 radical (unpaired) electrons. The van der Waals surface area contributed by atoms with Gasteiger partial charge in [0.05, 0.1) is 0 Å². The third kappa shape index (κ3) is 10.1. The summed E-state index contributed by atoms with van der Waals surface area (Å²) < 4.78 is 26.4. The van der Waals surface area contributed by atoms with Crippen molar-refractivity contribution < 1.29 is 13.6 Å². The SMILES string of the molecule is C=N/C(CCCNCCCCCNc1ccc(C(C)(F)F)cc1)=C(/CNC)C(C)=O. The number of nitrogens with one attached hydrogen (secondary N) is 3.